The lowest BCUT2D eigenvalue weighted by atomic mass is 9.98. The van der Waals surface area contributed by atoms with Gasteiger partial charge in [-0.15, -0.1) is 0 Å². The van der Waals surface area contributed by atoms with Crippen LogP contribution >= 0.6 is 0 Å². The Balaban J connectivity index is 0.899. The Kier molecular flexibility index (Phi) is 9.47. The van der Waals surface area contributed by atoms with Crippen molar-refractivity contribution < 1.29 is 0 Å². The Bertz CT molecular complexity index is 3900. The number of para-hydroxylation sites is 4. The quantitative estimate of drug-likeness (QED) is 0.153. The molecule has 0 saturated carbocycles. The van der Waals surface area contributed by atoms with Gasteiger partial charge in [-0.25, -0.2) is 9.97 Å². The summed E-state index contributed by atoms with van der Waals surface area (Å²) in [6.45, 7) is 0. The number of fused-ring (bicyclic) bond motifs is 6. The minimum atomic E-state index is 0.671. The van der Waals surface area contributed by atoms with Gasteiger partial charge in [0.05, 0.1) is 33.5 Å². The standard InChI is InChI=1S/C64H42N4/c1-2-15-43(16-3-1)48-17-12-18-49(39-48)44-31-35-46(36-32-44)58-42-59(51-20-14-22-53(41-51)68-62-29-10-6-25-56(62)57-26-7-11-30-63(57)68)66-64(65-58)47-37-33-45(34-38-47)50-19-13-21-52(40-50)67-60-27-8-4-23-54(60)55-24-5-9-28-61(55)67/h1-42H. The van der Waals surface area contributed by atoms with Gasteiger partial charge in [0.25, 0.3) is 0 Å². The van der Waals surface area contributed by atoms with Crippen molar-refractivity contribution >= 4 is 43.6 Å². The fourth-order valence-corrected chi connectivity index (χ4v) is 10.1. The number of rotatable bonds is 8. The average molecular weight is 867 g/mol. The molecule has 10 aromatic carbocycles. The van der Waals surface area contributed by atoms with Gasteiger partial charge in [-0.05, 0) is 94.0 Å². The molecule has 0 saturated heterocycles. The van der Waals surface area contributed by atoms with E-state index in [1.54, 1.807) is 0 Å². The molecule has 13 aromatic rings. The number of hydrogen-bond donors (Lipinski definition) is 0. The van der Waals surface area contributed by atoms with E-state index in [4.69, 9.17) is 9.97 Å². The lowest BCUT2D eigenvalue weighted by molar-refractivity contribution is 1.16. The third-order valence-electron chi connectivity index (χ3n) is 13.4. The molecule has 0 atom stereocenters. The van der Waals surface area contributed by atoms with Crippen LogP contribution in [0.3, 0.4) is 0 Å². The van der Waals surface area contributed by atoms with Gasteiger partial charge in [-0.2, -0.15) is 0 Å². The average Bonchev–Trinajstić information content (AvgIpc) is 3.94. The highest BCUT2D eigenvalue weighted by Gasteiger charge is 2.17. The van der Waals surface area contributed by atoms with Crippen LogP contribution in [-0.4, -0.2) is 19.1 Å². The van der Waals surface area contributed by atoms with E-state index in [1.807, 2.05) is 0 Å². The molecule has 0 aliphatic rings. The molecular formula is C64H42N4. The number of hydrogen-bond acceptors (Lipinski definition) is 2. The summed E-state index contributed by atoms with van der Waals surface area (Å²) in [6, 6.07) is 91.0. The number of nitrogens with zero attached hydrogens (tertiary/aromatic N) is 4. The third-order valence-corrected chi connectivity index (χ3v) is 13.4. The van der Waals surface area contributed by atoms with E-state index in [0.29, 0.717) is 5.82 Å². The summed E-state index contributed by atoms with van der Waals surface area (Å²) >= 11 is 0. The van der Waals surface area contributed by atoms with Gasteiger partial charge in [0, 0.05) is 49.6 Å². The predicted octanol–water partition coefficient (Wildman–Crippen LogP) is 16.7. The van der Waals surface area contributed by atoms with Crippen LogP contribution in [0, 0.1) is 0 Å². The van der Waals surface area contributed by atoms with Crippen molar-refractivity contribution in [2.45, 2.75) is 0 Å². The SMILES string of the molecule is c1ccc(-c2cccc(-c3ccc(-c4cc(-c5cccc(-n6c7ccccc7c7ccccc76)c5)nc(-c5ccc(-c6cccc(-n7c8ccccc8c8ccccc87)c6)cc5)n4)cc3)c2)cc1. The van der Waals surface area contributed by atoms with Gasteiger partial charge in [-0.3, -0.25) is 0 Å². The molecule has 0 aliphatic heterocycles. The van der Waals surface area contributed by atoms with Crippen molar-refractivity contribution in [2.24, 2.45) is 0 Å². The highest BCUT2D eigenvalue weighted by atomic mass is 15.0. The zero-order chi connectivity index (χ0) is 45.0. The summed E-state index contributed by atoms with van der Waals surface area (Å²) in [5.41, 5.74) is 18.6. The summed E-state index contributed by atoms with van der Waals surface area (Å²) in [7, 11) is 0. The lowest BCUT2D eigenvalue weighted by Gasteiger charge is -2.13. The first-order valence-corrected chi connectivity index (χ1v) is 23.1. The zero-order valence-corrected chi connectivity index (χ0v) is 37.0. The Morgan fingerprint density at radius 2 is 0.559 bits per heavy atom. The van der Waals surface area contributed by atoms with Gasteiger partial charge < -0.3 is 9.13 Å². The molecule has 4 heteroatoms. The molecule has 0 unspecified atom stereocenters. The number of benzene rings is 10. The summed E-state index contributed by atoms with van der Waals surface area (Å²) in [4.78, 5) is 10.6. The largest absolute Gasteiger partial charge is 0.309 e. The summed E-state index contributed by atoms with van der Waals surface area (Å²) in [5.74, 6) is 0.671. The smallest absolute Gasteiger partial charge is 0.160 e. The fourth-order valence-electron chi connectivity index (χ4n) is 10.1. The van der Waals surface area contributed by atoms with E-state index < -0.39 is 0 Å². The molecule has 3 aromatic heterocycles. The molecule has 13 rings (SSSR count). The van der Waals surface area contributed by atoms with Crippen molar-refractivity contribution in [1.29, 1.82) is 0 Å². The first kappa shape index (κ1) is 39.3. The summed E-state index contributed by atoms with van der Waals surface area (Å²) < 4.78 is 4.73. The van der Waals surface area contributed by atoms with Crippen molar-refractivity contribution in [3.8, 4) is 78.7 Å². The Hall–Kier alpha value is -9.12. The maximum atomic E-state index is 5.33. The van der Waals surface area contributed by atoms with Crippen LogP contribution in [-0.2, 0) is 0 Å². The van der Waals surface area contributed by atoms with Gasteiger partial charge >= 0.3 is 0 Å². The van der Waals surface area contributed by atoms with Crippen molar-refractivity contribution in [2.75, 3.05) is 0 Å². The molecule has 0 amide bonds. The molecular weight excluding hydrogens is 825 g/mol. The van der Waals surface area contributed by atoms with E-state index in [0.717, 1.165) is 56.1 Å². The van der Waals surface area contributed by atoms with Gasteiger partial charge in [-0.1, -0.05) is 194 Å². The van der Waals surface area contributed by atoms with Crippen LogP contribution in [0.25, 0.3) is 122 Å². The van der Waals surface area contributed by atoms with Gasteiger partial charge in [0.1, 0.15) is 0 Å². The minimum Gasteiger partial charge on any atom is -0.309 e. The second kappa shape index (κ2) is 16.4. The molecule has 68 heavy (non-hydrogen) atoms. The summed E-state index contributed by atoms with van der Waals surface area (Å²) in [5, 5.41) is 4.97. The molecule has 0 spiro atoms. The van der Waals surface area contributed by atoms with Crippen LogP contribution in [0.1, 0.15) is 0 Å². The Labute approximate surface area is 394 Å². The fraction of sp³-hybridized carbons (Fsp3) is 0. The maximum absolute atomic E-state index is 5.33. The highest BCUT2D eigenvalue weighted by Crippen LogP contribution is 2.37. The van der Waals surface area contributed by atoms with E-state index in [-0.39, 0.29) is 0 Å². The zero-order valence-electron chi connectivity index (χ0n) is 37.0. The second-order valence-corrected chi connectivity index (χ2v) is 17.4. The molecule has 0 N–H and O–H groups in total. The topological polar surface area (TPSA) is 35.6 Å². The first-order chi connectivity index (χ1) is 33.7. The normalized spacial score (nSPS) is 11.5. The van der Waals surface area contributed by atoms with Crippen LogP contribution < -0.4 is 0 Å². The van der Waals surface area contributed by atoms with Crippen LogP contribution in [0.5, 0.6) is 0 Å². The monoisotopic (exact) mass is 866 g/mol. The molecule has 0 bridgehead atoms. The second-order valence-electron chi connectivity index (χ2n) is 17.4. The van der Waals surface area contributed by atoms with Crippen molar-refractivity contribution in [3.05, 3.63) is 255 Å². The third kappa shape index (κ3) is 6.86. The lowest BCUT2D eigenvalue weighted by Crippen LogP contribution is -1.98. The minimum absolute atomic E-state index is 0.671. The van der Waals surface area contributed by atoms with E-state index in [1.165, 1.54) is 60.3 Å². The Morgan fingerprint density at radius 3 is 1.06 bits per heavy atom. The first-order valence-electron chi connectivity index (χ1n) is 23.1. The van der Waals surface area contributed by atoms with Crippen molar-refractivity contribution in [1.82, 2.24) is 19.1 Å². The maximum Gasteiger partial charge on any atom is 0.160 e. The van der Waals surface area contributed by atoms with Crippen molar-refractivity contribution in [3.63, 3.8) is 0 Å². The molecule has 0 fully saturated rings. The van der Waals surface area contributed by atoms with Gasteiger partial charge in [0.2, 0.25) is 0 Å². The highest BCUT2D eigenvalue weighted by molar-refractivity contribution is 6.10. The van der Waals surface area contributed by atoms with E-state index >= 15 is 0 Å². The van der Waals surface area contributed by atoms with Crippen LogP contribution in [0.4, 0.5) is 0 Å². The van der Waals surface area contributed by atoms with Crippen LogP contribution in [0.15, 0.2) is 255 Å². The molecule has 0 radical (unpaired) electrons. The predicted molar refractivity (Wildman–Crippen MR) is 283 cm³/mol. The van der Waals surface area contributed by atoms with E-state index in [2.05, 4.69) is 264 Å². The van der Waals surface area contributed by atoms with E-state index in [9.17, 15) is 0 Å². The molecule has 0 aliphatic carbocycles. The van der Waals surface area contributed by atoms with Gasteiger partial charge in [0.15, 0.2) is 5.82 Å². The summed E-state index contributed by atoms with van der Waals surface area (Å²) in [6.07, 6.45) is 0. The Morgan fingerprint density at radius 1 is 0.221 bits per heavy atom. The molecule has 318 valence electrons. The molecule has 3 heterocycles. The number of aromatic nitrogens is 4. The molecule has 4 nitrogen and oxygen atoms in total. The van der Waals surface area contributed by atoms with Crippen LogP contribution in [0.2, 0.25) is 0 Å².